The largest absolute Gasteiger partial charge is 0.394 e. The Labute approximate surface area is 89.3 Å². The molecule has 0 bridgehead atoms. The average molecular weight is 209 g/mol. The van der Waals surface area contributed by atoms with Gasteiger partial charge in [0.1, 0.15) is 6.17 Å². The van der Waals surface area contributed by atoms with Gasteiger partial charge in [0.2, 0.25) is 0 Å². The normalized spacial score (nSPS) is 24.3. The zero-order chi connectivity index (χ0) is 10.7. The van der Waals surface area contributed by atoms with Crippen molar-refractivity contribution in [3.05, 3.63) is 35.9 Å². The van der Waals surface area contributed by atoms with Crippen molar-refractivity contribution in [1.82, 2.24) is 4.90 Å². The third kappa shape index (κ3) is 2.36. The highest BCUT2D eigenvalue weighted by atomic mass is 19.1. The molecule has 1 saturated heterocycles. The molecule has 1 heterocycles. The van der Waals surface area contributed by atoms with Crippen LogP contribution < -0.4 is 0 Å². The first kappa shape index (κ1) is 10.6. The summed E-state index contributed by atoms with van der Waals surface area (Å²) < 4.78 is 13.1. The maximum atomic E-state index is 13.1. The third-order valence-corrected chi connectivity index (χ3v) is 2.96. The number of likely N-dealkylation sites (tertiary alicyclic amines) is 1. The van der Waals surface area contributed by atoms with Gasteiger partial charge in [-0.15, -0.1) is 0 Å². The Kier molecular flexibility index (Phi) is 3.34. The van der Waals surface area contributed by atoms with Crippen molar-refractivity contribution in [2.24, 2.45) is 0 Å². The Balaban J connectivity index is 2.11. The van der Waals surface area contributed by atoms with E-state index in [1.807, 2.05) is 35.2 Å². The molecule has 3 heteroatoms. The van der Waals surface area contributed by atoms with Gasteiger partial charge in [-0.25, -0.2) is 4.39 Å². The summed E-state index contributed by atoms with van der Waals surface area (Å²) in [5.41, 5.74) is 1.06. The summed E-state index contributed by atoms with van der Waals surface area (Å²) in [7, 11) is 0. The van der Waals surface area contributed by atoms with E-state index >= 15 is 0 Å². The number of hydrogen-bond donors (Lipinski definition) is 1. The zero-order valence-electron chi connectivity index (χ0n) is 8.64. The van der Waals surface area contributed by atoms with E-state index < -0.39 is 6.17 Å². The van der Waals surface area contributed by atoms with Crippen molar-refractivity contribution in [3.8, 4) is 0 Å². The van der Waals surface area contributed by atoms with Crippen molar-refractivity contribution in [2.45, 2.75) is 18.6 Å². The van der Waals surface area contributed by atoms with E-state index in [2.05, 4.69) is 0 Å². The number of halogens is 1. The fraction of sp³-hybridized carbons (Fsp3) is 0.500. The van der Waals surface area contributed by atoms with Crippen LogP contribution in [0.25, 0.3) is 0 Å². The van der Waals surface area contributed by atoms with Crippen LogP contribution in [0.1, 0.15) is 18.0 Å². The average Bonchev–Trinajstić information content (AvgIpc) is 2.68. The van der Waals surface area contributed by atoms with E-state index in [1.54, 1.807) is 0 Å². The molecule has 2 rings (SSSR count). The second-order valence-corrected chi connectivity index (χ2v) is 3.99. The lowest BCUT2D eigenvalue weighted by Crippen LogP contribution is -2.29. The molecule has 0 radical (unpaired) electrons. The lowest BCUT2D eigenvalue weighted by atomic mass is 10.1. The molecular formula is C12H16FNO. The van der Waals surface area contributed by atoms with Gasteiger partial charge in [0.25, 0.3) is 0 Å². The summed E-state index contributed by atoms with van der Waals surface area (Å²) in [6, 6.07) is 9.74. The van der Waals surface area contributed by atoms with Gasteiger partial charge in [-0.1, -0.05) is 30.3 Å². The van der Waals surface area contributed by atoms with E-state index in [4.69, 9.17) is 0 Å². The number of benzene rings is 1. The van der Waals surface area contributed by atoms with Crippen LogP contribution in [0.3, 0.4) is 0 Å². The Bertz CT molecular complexity index is 304. The minimum absolute atomic E-state index is 0.0491. The third-order valence-electron chi connectivity index (χ3n) is 2.96. The van der Waals surface area contributed by atoms with Crippen molar-refractivity contribution in [1.29, 1.82) is 0 Å². The lowest BCUT2D eigenvalue weighted by molar-refractivity contribution is 0.139. The monoisotopic (exact) mass is 209 g/mol. The van der Waals surface area contributed by atoms with Gasteiger partial charge in [-0.05, 0) is 12.0 Å². The van der Waals surface area contributed by atoms with Crippen molar-refractivity contribution in [3.63, 3.8) is 0 Å². The molecule has 82 valence electrons. The summed E-state index contributed by atoms with van der Waals surface area (Å²) in [5, 5.41) is 9.36. The number of nitrogens with zero attached hydrogens (tertiary/aromatic N) is 1. The zero-order valence-corrected chi connectivity index (χ0v) is 8.64. The molecule has 1 fully saturated rings. The number of alkyl halides is 1. The number of hydrogen-bond acceptors (Lipinski definition) is 2. The Morgan fingerprint density at radius 1 is 1.40 bits per heavy atom. The van der Waals surface area contributed by atoms with Gasteiger partial charge >= 0.3 is 0 Å². The Morgan fingerprint density at radius 3 is 2.67 bits per heavy atom. The SMILES string of the molecule is OC[C@H](c1ccccc1)N1CC[C@@H](F)C1. The summed E-state index contributed by atoms with van der Waals surface area (Å²) in [5.74, 6) is 0. The number of aliphatic hydroxyl groups excluding tert-OH is 1. The Morgan fingerprint density at radius 2 is 2.13 bits per heavy atom. The quantitative estimate of drug-likeness (QED) is 0.820. The Hall–Kier alpha value is -0.930. The van der Waals surface area contributed by atoms with E-state index in [0.717, 1.165) is 12.1 Å². The molecule has 2 nitrogen and oxygen atoms in total. The van der Waals surface area contributed by atoms with E-state index in [9.17, 15) is 9.50 Å². The van der Waals surface area contributed by atoms with Crippen LogP contribution in [-0.2, 0) is 0 Å². The van der Waals surface area contributed by atoms with Crippen molar-refractivity contribution < 1.29 is 9.50 Å². The second kappa shape index (κ2) is 4.73. The minimum atomic E-state index is -0.734. The van der Waals surface area contributed by atoms with E-state index in [0.29, 0.717) is 13.0 Å². The van der Waals surface area contributed by atoms with Gasteiger partial charge in [-0.3, -0.25) is 4.90 Å². The summed E-state index contributed by atoms with van der Waals surface area (Å²) in [4.78, 5) is 2.01. The summed E-state index contributed by atoms with van der Waals surface area (Å²) in [6.45, 7) is 1.23. The van der Waals surface area contributed by atoms with Gasteiger partial charge < -0.3 is 5.11 Å². The standard InChI is InChI=1S/C12H16FNO/c13-11-6-7-14(8-11)12(9-15)10-4-2-1-3-5-10/h1-5,11-12,15H,6-9H2/t11-,12-/m1/s1. The maximum absolute atomic E-state index is 13.1. The van der Waals surface area contributed by atoms with Crippen LogP contribution in [0.15, 0.2) is 30.3 Å². The van der Waals surface area contributed by atoms with Crippen LogP contribution in [0.5, 0.6) is 0 Å². The molecule has 0 aromatic heterocycles. The molecule has 0 spiro atoms. The fourth-order valence-corrected chi connectivity index (χ4v) is 2.13. The van der Waals surface area contributed by atoms with Gasteiger partial charge in [0.05, 0.1) is 12.6 Å². The first-order chi connectivity index (χ1) is 7.31. The predicted molar refractivity (Wildman–Crippen MR) is 57.4 cm³/mol. The second-order valence-electron chi connectivity index (χ2n) is 3.99. The highest BCUT2D eigenvalue weighted by molar-refractivity contribution is 5.19. The highest BCUT2D eigenvalue weighted by Crippen LogP contribution is 2.25. The number of aliphatic hydroxyl groups is 1. The highest BCUT2D eigenvalue weighted by Gasteiger charge is 2.28. The van der Waals surface area contributed by atoms with Crippen molar-refractivity contribution >= 4 is 0 Å². The molecule has 1 aliphatic heterocycles. The van der Waals surface area contributed by atoms with Crippen LogP contribution in [0, 0.1) is 0 Å². The van der Waals surface area contributed by atoms with Crippen LogP contribution in [0.2, 0.25) is 0 Å². The summed E-state index contributed by atoms with van der Waals surface area (Å²) >= 11 is 0. The molecule has 1 N–H and O–H groups in total. The van der Waals surface area contributed by atoms with Crippen molar-refractivity contribution in [2.75, 3.05) is 19.7 Å². The predicted octanol–water partition coefficient (Wildman–Crippen LogP) is 1.76. The lowest BCUT2D eigenvalue weighted by Gasteiger charge is -2.25. The van der Waals surface area contributed by atoms with Crippen LogP contribution in [0.4, 0.5) is 4.39 Å². The van der Waals surface area contributed by atoms with Crippen LogP contribution >= 0.6 is 0 Å². The van der Waals surface area contributed by atoms with Gasteiger partial charge in [0, 0.05) is 13.1 Å². The first-order valence-corrected chi connectivity index (χ1v) is 5.35. The molecule has 1 aliphatic rings. The summed E-state index contributed by atoms with van der Waals surface area (Å²) in [6.07, 6.45) is -0.147. The minimum Gasteiger partial charge on any atom is -0.394 e. The molecule has 0 unspecified atom stereocenters. The van der Waals surface area contributed by atoms with E-state index in [-0.39, 0.29) is 12.6 Å². The smallest absolute Gasteiger partial charge is 0.114 e. The molecular weight excluding hydrogens is 193 g/mol. The first-order valence-electron chi connectivity index (χ1n) is 5.35. The van der Waals surface area contributed by atoms with Crippen LogP contribution in [-0.4, -0.2) is 35.9 Å². The fourth-order valence-electron chi connectivity index (χ4n) is 2.13. The molecule has 0 amide bonds. The van der Waals surface area contributed by atoms with E-state index in [1.165, 1.54) is 0 Å². The number of rotatable bonds is 3. The molecule has 0 saturated carbocycles. The molecule has 15 heavy (non-hydrogen) atoms. The maximum Gasteiger partial charge on any atom is 0.114 e. The van der Waals surface area contributed by atoms with Gasteiger partial charge in [0.15, 0.2) is 0 Å². The molecule has 1 aromatic carbocycles. The molecule has 2 atom stereocenters. The van der Waals surface area contributed by atoms with Gasteiger partial charge in [-0.2, -0.15) is 0 Å². The molecule has 0 aliphatic carbocycles. The topological polar surface area (TPSA) is 23.5 Å². The molecule has 1 aromatic rings.